The highest BCUT2D eigenvalue weighted by molar-refractivity contribution is 5.92. The summed E-state index contributed by atoms with van der Waals surface area (Å²) in [6.45, 7) is 1.61. The van der Waals surface area contributed by atoms with Gasteiger partial charge in [-0.2, -0.15) is 0 Å². The summed E-state index contributed by atoms with van der Waals surface area (Å²) < 4.78 is 5.04. The molecule has 0 saturated carbocycles. The minimum atomic E-state index is -0.384. The van der Waals surface area contributed by atoms with E-state index in [4.69, 9.17) is 4.74 Å². The van der Waals surface area contributed by atoms with Crippen LogP contribution in [0.1, 0.15) is 19.3 Å². The number of ether oxygens (including phenoxy) is 1. The molecular weight excluding hydrogens is 270 g/mol. The number of anilines is 1. The fourth-order valence-electron chi connectivity index (χ4n) is 2.26. The zero-order chi connectivity index (χ0) is 15.1. The maximum atomic E-state index is 11.9. The predicted octanol–water partition coefficient (Wildman–Crippen LogP) is 1.83. The highest BCUT2D eigenvalue weighted by Crippen LogP contribution is 2.14. The van der Waals surface area contributed by atoms with Crippen molar-refractivity contribution in [3.63, 3.8) is 0 Å². The Bertz CT molecular complexity index is 481. The second kappa shape index (κ2) is 7.52. The molecule has 114 valence electrons. The van der Waals surface area contributed by atoms with Crippen LogP contribution in [0.2, 0.25) is 0 Å². The molecule has 1 fully saturated rings. The fourth-order valence-corrected chi connectivity index (χ4v) is 2.26. The van der Waals surface area contributed by atoms with Crippen LogP contribution >= 0.6 is 0 Å². The number of likely N-dealkylation sites (tertiary alicyclic amines) is 1. The van der Waals surface area contributed by atoms with Gasteiger partial charge in [0.05, 0.1) is 13.7 Å². The molecule has 0 bridgehead atoms. The van der Waals surface area contributed by atoms with E-state index >= 15 is 0 Å². The van der Waals surface area contributed by atoms with Gasteiger partial charge in [0.2, 0.25) is 5.91 Å². The number of hydrogen-bond donors (Lipinski definition) is 2. The second-order valence-electron chi connectivity index (χ2n) is 4.98. The van der Waals surface area contributed by atoms with Crippen molar-refractivity contribution < 1.29 is 14.3 Å². The summed E-state index contributed by atoms with van der Waals surface area (Å²) in [7, 11) is 1.58. The van der Waals surface area contributed by atoms with Crippen molar-refractivity contribution in [2.75, 3.05) is 32.1 Å². The van der Waals surface area contributed by atoms with Crippen LogP contribution in [0.3, 0.4) is 0 Å². The van der Waals surface area contributed by atoms with E-state index in [1.54, 1.807) is 36.3 Å². The van der Waals surface area contributed by atoms with Crippen molar-refractivity contribution in [3.8, 4) is 5.75 Å². The molecule has 21 heavy (non-hydrogen) atoms. The lowest BCUT2D eigenvalue weighted by Crippen LogP contribution is -2.43. The van der Waals surface area contributed by atoms with Gasteiger partial charge < -0.3 is 20.3 Å². The molecule has 6 nitrogen and oxygen atoms in total. The first kappa shape index (κ1) is 15.2. The molecule has 6 heteroatoms. The number of piperidine rings is 1. The molecule has 0 spiro atoms. The summed E-state index contributed by atoms with van der Waals surface area (Å²) in [5.41, 5.74) is 0.652. The molecule has 0 radical (unpaired) electrons. The highest BCUT2D eigenvalue weighted by atomic mass is 16.5. The van der Waals surface area contributed by atoms with Crippen LogP contribution in [-0.4, -0.2) is 43.6 Å². The van der Waals surface area contributed by atoms with Gasteiger partial charge in [-0.25, -0.2) is 4.79 Å². The molecule has 0 aromatic heterocycles. The molecule has 1 aliphatic rings. The molecule has 1 aromatic rings. The van der Waals surface area contributed by atoms with Crippen LogP contribution in [0, 0.1) is 0 Å². The number of urea groups is 1. The molecule has 3 amide bonds. The van der Waals surface area contributed by atoms with Crippen molar-refractivity contribution in [1.29, 1.82) is 0 Å². The van der Waals surface area contributed by atoms with Gasteiger partial charge in [-0.15, -0.1) is 0 Å². The lowest BCUT2D eigenvalue weighted by atomic mass is 10.1. The summed E-state index contributed by atoms with van der Waals surface area (Å²) in [5.74, 6) is 0.695. The summed E-state index contributed by atoms with van der Waals surface area (Å²) >= 11 is 0. The Kier molecular flexibility index (Phi) is 5.43. The normalized spacial score (nSPS) is 14.4. The average molecular weight is 291 g/mol. The third kappa shape index (κ3) is 4.66. The van der Waals surface area contributed by atoms with Gasteiger partial charge in [0.1, 0.15) is 5.75 Å². The van der Waals surface area contributed by atoms with E-state index in [0.717, 1.165) is 31.7 Å². The first-order valence-electron chi connectivity index (χ1n) is 7.16. The van der Waals surface area contributed by atoms with E-state index in [2.05, 4.69) is 10.6 Å². The van der Waals surface area contributed by atoms with Crippen LogP contribution in [0.5, 0.6) is 5.75 Å². The standard InChI is InChI=1S/C15H21N3O3/c1-21-13-7-5-12(6-8-13)17-15(20)16-11-14(19)18-9-3-2-4-10-18/h5-8H,2-4,9-11H2,1H3,(H2,16,17,20). The lowest BCUT2D eigenvalue weighted by Gasteiger charge is -2.26. The topological polar surface area (TPSA) is 70.7 Å². The fraction of sp³-hybridized carbons (Fsp3) is 0.467. The van der Waals surface area contributed by atoms with Crippen molar-refractivity contribution in [2.45, 2.75) is 19.3 Å². The number of benzene rings is 1. The molecule has 2 rings (SSSR count). The Morgan fingerprint density at radius 1 is 1.14 bits per heavy atom. The van der Waals surface area contributed by atoms with Crippen LogP contribution in [-0.2, 0) is 4.79 Å². The van der Waals surface area contributed by atoms with Crippen LogP contribution < -0.4 is 15.4 Å². The molecule has 1 heterocycles. The average Bonchev–Trinajstić information content (AvgIpc) is 2.54. The molecule has 1 saturated heterocycles. The van der Waals surface area contributed by atoms with Gasteiger partial charge in [-0.05, 0) is 43.5 Å². The van der Waals surface area contributed by atoms with Crippen LogP contribution in [0.15, 0.2) is 24.3 Å². The van der Waals surface area contributed by atoms with Crippen molar-refractivity contribution >= 4 is 17.6 Å². The van der Waals surface area contributed by atoms with Gasteiger partial charge in [0.15, 0.2) is 0 Å². The van der Waals surface area contributed by atoms with Gasteiger partial charge in [0, 0.05) is 18.8 Å². The summed E-state index contributed by atoms with van der Waals surface area (Å²) in [4.78, 5) is 25.4. The minimum absolute atomic E-state index is 0.0282. The van der Waals surface area contributed by atoms with E-state index in [0.29, 0.717) is 5.69 Å². The molecule has 1 aliphatic heterocycles. The van der Waals surface area contributed by atoms with E-state index in [1.807, 2.05) is 0 Å². The number of methoxy groups -OCH3 is 1. The minimum Gasteiger partial charge on any atom is -0.497 e. The number of carbonyl (C=O) groups is 2. The second-order valence-corrected chi connectivity index (χ2v) is 4.98. The third-order valence-electron chi connectivity index (χ3n) is 3.46. The van der Waals surface area contributed by atoms with Crippen LogP contribution in [0.4, 0.5) is 10.5 Å². The summed E-state index contributed by atoms with van der Waals surface area (Å²) in [5, 5.41) is 5.26. The zero-order valence-electron chi connectivity index (χ0n) is 12.2. The Morgan fingerprint density at radius 3 is 2.43 bits per heavy atom. The molecule has 0 unspecified atom stereocenters. The van der Waals surface area contributed by atoms with Gasteiger partial charge in [0.25, 0.3) is 0 Å². The molecule has 0 aliphatic carbocycles. The van der Waals surface area contributed by atoms with E-state index in [9.17, 15) is 9.59 Å². The quantitative estimate of drug-likeness (QED) is 0.889. The zero-order valence-corrected chi connectivity index (χ0v) is 12.2. The number of carbonyl (C=O) groups excluding carboxylic acids is 2. The maximum absolute atomic E-state index is 11.9. The summed E-state index contributed by atoms with van der Waals surface area (Å²) in [6, 6.07) is 6.61. The molecule has 1 aromatic carbocycles. The van der Waals surface area contributed by atoms with E-state index in [1.165, 1.54) is 6.42 Å². The number of hydrogen-bond acceptors (Lipinski definition) is 3. The van der Waals surface area contributed by atoms with E-state index < -0.39 is 0 Å². The third-order valence-corrected chi connectivity index (χ3v) is 3.46. The Labute approximate surface area is 124 Å². The van der Waals surface area contributed by atoms with Crippen LogP contribution in [0.25, 0.3) is 0 Å². The van der Waals surface area contributed by atoms with Gasteiger partial charge in [-0.3, -0.25) is 4.79 Å². The smallest absolute Gasteiger partial charge is 0.319 e. The SMILES string of the molecule is COc1ccc(NC(=O)NCC(=O)N2CCCCC2)cc1. The highest BCUT2D eigenvalue weighted by Gasteiger charge is 2.16. The van der Waals surface area contributed by atoms with Gasteiger partial charge >= 0.3 is 6.03 Å². The first-order chi connectivity index (χ1) is 10.2. The van der Waals surface area contributed by atoms with Crippen molar-refractivity contribution in [1.82, 2.24) is 10.2 Å². The Morgan fingerprint density at radius 2 is 1.81 bits per heavy atom. The molecule has 2 N–H and O–H groups in total. The predicted molar refractivity (Wildman–Crippen MR) is 80.4 cm³/mol. The maximum Gasteiger partial charge on any atom is 0.319 e. The van der Waals surface area contributed by atoms with Crippen molar-refractivity contribution in [3.05, 3.63) is 24.3 Å². The number of nitrogens with zero attached hydrogens (tertiary/aromatic N) is 1. The monoisotopic (exact) mass is 291 g/mol. The number of amides is 3. The first-order valence-corrected chi connectivity index (χ1v) is 7.16. The van der Waals surface area contributed by atoms with Gasteiger partial charge in [-0.1, -0.05) is 0 Å². The molecular formula is C15H21N3O3. The number of nitrogens with one attached hydrogen (secondary N) is 2. The summed E-state index contributed by atoms with van der Waals surface area (Å²) in [6.07, 6.45) is 3.27. The molecule has 0 atom stereocenters. The Hall–Kier alpha value is -2.24. The lowest BCUT2D eigenvalue weighted by molar-refractivity contribution is -0.130. The van der Waals surface area contributed by atoms with Crippen molar-refractivity contribution in [2.24, 2.45) is 0 Å². The largest absolute Gasteiger partial charge is 0.497 e. The Balaban J connectivity index is 1.74. The van der Waals surface area contributed by atoms with E-state index in [-0.39, 0.29) is 18.5 Å². The number of rotatable bonds is 4.